The van der Waals surface area contributed by atoms with Crippen molar-refractivity contribution in [2.45, 2.75) is 31.5 Å². The molecule has 1 aromatic carbocycles. The molecule has 1 saturated heterocycles. The van der Waals surface area contributed by atoms with Crippen LogP contribution in [0.3, 0.4) is 0 Å². The topological polar surface area (TPSA) is 61.4 Å². The number of alkyl halides is 3. The highest BCUT2D eigenvalue weighted by Gasteiger charge is 2.31. The van der Waals surface area contributed by atoms with Gasteiger partial charge in [-0.3, -0.25) is 14.5 Å². The number of anilines is 1. The summed E-state index contributed by atoms with van der Waals surface area (Å²) in [6, 6.07) is 6.15. The minimum absolute atomic E-state index is 0.0353. The van der Waals surface area contributed by atoms with Gasteiger partial charge < -0.3 is 10.6 Å². The predicted molar refractivity (Wildman–Crippen MR) is 106 cm³/mol. The van der Waals surface area contributed by atoms with Crippen LogP contribution in [0, 0.1) is 0 Å². The first-order chi connectivity index (χ1) is 13.8. The molecule has 29 heavy (non-hydrogen) atoms. The lowest BCUT2D eigenvalue weighted by atomic mass is 10.0. The first-order valence-corrected chi connectivity index (χ1v) is 10.3. The van der Waals surface area contributed by atoms with Crippen LogP contribution < -0.4 is 10.6 Å². The minimum Gasteiger partial charge on any atom is -0.346 e. The second-order valence-corrected chi connectivity index (χ2v) is 7.69. The molecule has 0 spiro atoms. The van der Waals surface area contributed by atoms with Crippen molar-refractivity contribution in [1.29, 1.82) is 0 Å². The van der Waals surface area contributed by atoms with Crippen molar-refractivity contribution < 1.29 is 22.8 Å². The van der Waals surface area contributed by atoms with Crippen LogP contribution in [-0.4, -0.2) is 36.3 Å². The van der Waals surface area contributed by atoms with Crippen molar-refractivity contribution in [3.05, 3.63) is 52.2 Å². The molecule has 5 nitrogen and oxygen atoms in total. The molecule has 2 N–H and O–H groups in total. The molecular formula is C20H22F3N3O2S. The first-order valence-electron chi connectivity index (χ1n) is 9.37. The van der Waals surface area contributed by atoms with E-state index in [-0.39, 0.29) is 18.3 Å². The highest BCUT2D eigenvalue weighted by atomic mass is 32.1. The van der Waals surface area contributed by atoms with Crippen LogP contribution in [0.15, 0.2) is 41.1 Å². The highest BCUT2D eigenvalue weighted by molar-refractivity contribution is 7.08. The zero-order valence-electron chi connectivity index (χ0n) is 15.7. The van der Waals surface area contributed by atoms with Crippen molar-refractivity contribution in [2.75, 3.05) is 25.0 Å². The van der Waals surface area contributed by atoms with E-state index in [1.54, 1.807) is 11.3 Å². The first kappa shape index (κ1) is 21.3. The van der Waals surface area contributed by atoms with E-state index in [2.05, 4.69) is 15.5 Å². The van der Waals surface area contributed by atoms with Crippen LogP contribution in [0.2, 0.25) is 0 Å². The molecule has 0 aliphatic carbocycles. The number of thiophene rings is 1. The van der Waals surface area contributed by atoms with Crippen molar-refractivity contribution in [1.82, 2.24) is 10.2 Å². The molecule has 2 heterocycles. The third-order valence-electron chi connectivity index (χ3n) is 4.87. The lowest BCUT2D eigenvalue weighted by Gasteiger charge is -2.34. The Bertz CT molecular complexity index is 834. The van der Waals surface area contributed by atoms with Crippen LogP contribution in [0.25, 0.3) is 0 Å². The van der Waals surface area contributed by atoms with E-state index in [1.165, 1.54) is 18.6 Å². The quantitative estimate of drug-likeness (QED) is 0.711. The van der Waals surface area contributed by atoms with Gasteiger partial charge in [0, 0.05) is 12.2 Å². The predicted octanol–water partition coefficient (Wildman–Crippen LogP) is 4.05. The second-order valence-electron chi connectivity index (χ2n) is 6.91. The van der Waals surface area contributed by atoms with E-state index in [0.717, 1.165) is 43.6 Å². The molecule has 0 radical (unpaired) electrons. The molecule has 2 amide bonds. The fourth-order valence-corrected chi connectivity index (χ4v) is 4.09. The van der Waals surface area contributed by atoms with Gasteiger partial charge in [0.1, 0.15) is 0 Å². The summed E-state index contributed by atoms with van der Waals surface area (Å²) >= 11 is 1.57. The molecule has 156 valence electrons. The Morgan fingerprint density at radius 2 is 1.86 bits per heavy atom. The van der Waals surface area contributed by atoms with Crippen molar-refractivity contribution in [3.8, 4) is 0 Å². The van der Waals surface area contributed by atoms with Crippen LogP contribution in [0.4, 0.5) is 18.9 Å². The number of carbonyl (C=O) groups is 2. The number of nitrogens with one attached hydrogen (secondary N) is 2. The molecule has 0 saturated carbocycles. The maximum absolute atomic E-state index is 12.8. The molecule has 1 aliphatic rings. The van der Waals surface area contributed by atoms with Gasteiger partial charge in [-0.05, 0) is 66.5 Å². The lowest BCUT2D eigenvalue weighted by Crippen LogP contribution is -2.43. The minimum atomic E-state index is -4.52. The Morgan fingerprint density at radius 3 is 2.52 bits per heavy atom. The Kier molecular flexibility index (Phi) is 6.92. The zero-order valence-corrected chi connectivity index (χ0v) is 16.5. The van der Waals surface area contributed by atoms with Crippen LogP contribution in [-0.2, 0) is 15.8 Å². The number of hydrogen-bond donors (Lipinski definition) is 2. The number of amides is 2. The third kappa shape index (κ3) is 5.80. The van der Waals surface area contributed by atoms with Gasteiger partial charge in [0.2, 0.25) is 0 Å². The number of nitrogens with zero attached hydrogens (tertiary/aromatic N) is 1. The van der Waals surface area contributed by atoms with E-state index in [9.17, 15) is 22.8 Å². The summed E-state index contributed by atoms with van der Waals surface area (Å²) in [5, 5.41) is 8.84. The van der Waals surface area contributed by atoms with Crippen LogP contribution >= 0.6 is 11.3 Å². The van der Waals surface area contributed by atoms with E-state index < -0.39 is 23.6 Å². The summed E-state index contributed by atoms with van der Waals surface area (Å²) in [5.74, 6) is -1.87. The number of halogens is 3. The average molecular weight is 425 g/mol. The van der Waals surface area contributed by atoms with Gasteiger partial charge in [0.05, 0.1) is 11.6 Å². The van der Waals surface area contributed by atoms with Gasteiger partial charge in [-0.2, -0.15) is 24.5 Å². The van der Waals surface area contributed by atoms with E-state index in [1.807, 2.05) is 16.8 Å². The van der Waals surface area contributed by atoms with Gasteiger partial charge >= 0.3 is 18.0 Å². The largest absolute Gasteiger partial charge is 0.416 e. The summed E-state index contributed by atoms with van der Waals surface area (Å²) in [5.41, 5.74) is 0.110. The fraction of sp³-hybridized carbons (Fsp3) is 0.400. The fourth-order valence-electron chi connectivity index (χ4n) is 3.38. The molecule has 9 heteroatoms. The number of benzene rings is 1. The summed E-state index contributed by atoms with van der Waals surface area (Å²) in [7, 11) is 0. The molecule has 0 bridgehead atoms. The molecule has 1 unspecified atom stereocenters. The highest BCUT2D eigenvalue weighted by Crippen LogP contribution is 2.30. The van der Waals surface area contributed by atoms with Gasteiger partial charge in [-0.25, -0.2) is 0 Å². The van der Waals surface area contributed by atoms with Crippen molar-refractivity contribution >= 4 is 28.8 Å². The SMILES string of the molecule is O=C(NCC(c1ccsc1)N1CCCCC1)C(=O)Nc1cccc(C(F)(F)F)c1. The normalized spacial score (nSPS) is 16.2. The third-order valence-corrected chi connectivity index (χ3v) is 5.57. The Morgan fingerprint density at radius 1 is 1.10 bits per heavy atom. The molecule has 2 aromatic rings. The molecule has 1 atom stereocenters. The lowest BCUT2D eigenvalue weighted by molar-refractivity contribution is -0.137. The van der Waals surface area contributed by atoms with Crippen molar-refractivity contribution in [2.24, 2.45) is 0 Å². The van der Waals surface area contributed by atoms with Crippen LogP contribution in [0.1, 0.15) is 36.4 Å². The van der Waals surface area contributed by atoms with Crippen LogP contribution in [0.5, 0.6) is 0 Å². The summed E-state index contributed by atoms with van der Waals surface area (Å²) in [4.78, 5) is 26.6. The molecule has 1 fully saturated rings. The summed E-state index contributed by atoms with van der Waals surface area (Å²) in [6.07, 6.45) is -1.17. The summed E-state index contributed by atoms with van der Waals surface area (Å²) in [6.45, 7) is 2.10. The van der Waals surface area contributed by atoms with Crippen molar-refractivity contribution in [3.63, 3.8) is 0 Å². The zero-order chi connectivity index (χ0) is 20.9. The van der Waals surface area contributed by atoms with Gasteiger partial charge in [0.15, 0.2) is 0 Å². The number of piperidine rings is 1. The van der Waals surface area contributed by atoms with E-state index in [0.29, 0.717) is 0 Å². The van der Waals surface area contributed by atoms with Gasteiger partial charge in [-0.15, -0.1) is 0 Å². The van der Waals surface area contributed by atoms with E-state index in [4.69, 9.17) is 0 Å². The van der Waals surface area contributed by atoms with Gasteiger partial charge in [-0.1, -0.05) is 12.5 Å². The number of likely N-dealkylation sites (tertiary alicyclic amines) is 1. The second kappa shape index (κ2) is 9.41. The summed E-state index contributed by atoms with van der Waals surface area (Å²) < 4.78 is 38.4. The monoisotopic (exact) mass is 425 g/mol. The number of rotatable bonds is 5. The molecular weight excluding hydrogens is 403 g/mol. The molecule has 1 aliphatic heterocycles. The molecule has 1 aromatic heterocycles. The maximum atomic E-state index is 12.8. The van der Waals surface area contributed by atoms with E-state index >= 15 is 0 Å². The number of carbonyl (C=O) groups excluding carboxylic acids is 2. The Hall–Kier alpha value is -2.39. The molecule has 3 rings (SSSR count). The van der Waals surface area contributed by atoms with Gasteiger partial charge in [0.25, 0.3) is 0 Å². The number of hydrogen-bond acceptors (Lipinski definition) is 4. The maximum Gasteiger partial charge on any atom is 0.416 e. The average Bonchev–Trinajstić information content (AvgIpc) is 3.23. The standard InChI is InChI=1S/C20H22F3N3O2S/c21-20(22,23)15-5-4-6-16(11-15)25-19(28)18(27)24-12-17(14-7-10-29-13-14)26-8-2-1-3-9-26/h4-7,10-11,13,17H,1-3,8-9,12H2,(H,24,27)(H,25,28). The smallest absolute Gasteiger partial charge is 0.346 e. The Labute approximate surface area is 170 Å². The Balaban J connectivity index is 1.60.